The third-order valence-electron chi connectivity index (χ3n) is 4.42. The largest absolute Gasteiger partial charge is 0.457 e. The number of esters is 1. The van der Waals surface area contributed by atoms with Gasteiger partial charge in [0, 0.05) is 12.0 Å². The summed E-state index contributed by atoms with van der Waals surface area (Å²) in [6.45, 7) is 0.233. The number of benzene rings is 3. The summed E-state index contributed by atoms with van der Waals surface area (Å²) in [5.74, 6) is 0.240. The van der Waals surface area contributed by atoms with Crippen molar-refractivity contribution in [2.75, 3.05) is 0 Å². The highest BCUT2D eigenvalue weighted by atomic mass is 16.5. The molecule has 0 fully saturated rings. The number of hydroxylamine groups is 1. The molecule has 3 rings (SSSR count). The lowest BCUT2D eigenvalue weighted by Gasteiger charge is -2.10. The standard InChI is InChI=1S/C23H22N2O5/c24-21(23(27)29-15-17-4-2-1-3-5-17)14-16-6-10-19(11-7-16)30-20-12-8-18(9-13-20)22(26)25-28/h1-13,21,28H,14-15,24H2,(H,25,26)/p+1/t21-/m0/s1. The smallest absolute Gasteiger partial charge is 0.365 e. The molecule has 3 aromatic carbocycles. The van der Waals surface area contributed by atoms with Gasteiger partial charge in [0.05, 0.1) is 0 Å². The van der Waals surface area contributed by atoms with Gasteiger partial charge in [0.2, 0.25) is 0 Å². The third kappa shape index (κ3) is 5.91. The second kappa shape index (κ2) is 10.2. The highest BCUT2D eigenvalue weighted by molar-refractivity contribution is 5.93. The molecule has 1 amide bonds. The van der Waals surface area contributed by atoms with Gasteiger partial charge in [-0.3, -0.25) is 10.0 Å². The van der Waals surface area contributed by atoms with Gasteiger partial charge in [-0.05, 0) is 47.5 Å². The van der Waals surface area contributed by atoms with Crippen molar-refractivity contribution in [1.82, 2.24) is 5.48 Å². The Balaban J connectivity index is 1.51. The maximum absolute atomic E-state index is 12.2. The molecule has 30 heavy (non-hydrogen) atoms. The second-order valence-corrected chi connectivity index (χ2v) is 6.71. The van der Waals surface area contributed by atoms with Crippen LogP contribution < -0.4 is 16.0 Å². The van der Waals surface area contributed by atoms with Crippen LogP contribution in [0.15, 0.2) is 78.9 Å². The van der Waals surface area contributed by atoms with Gasteiger partial charge in [-0.15, -0.1) is 0 Å². The second-order valence-electron chi connectivity index (χ2n) is 6.71. The number of hydrogen-bond donors (Lipinski definition) is 3. The Labute approximate surface area is 174 Å². The monoisotopic (exact) mass is 407 g/mol. The van der Waals surface area contributed by atoms with Gasteiger partial charge in [0.15, 0.2) is 6.04 Å². The van der Waals surface area contributed by atoms with Crippen molar-refractivity contribution in [3.8, 4) is 11.5 Å². The number of carbonyl (C=O) groups is 2. The van der Waals surface area contributed by atoms with E-state index in [4.69, 9.17) is 14.7 Å². The number of hydrogen-bond acceptors (Lipinski definition) is 5. The highest BCUT2D eigenvalue weighted by Crippen LogP contribution is 2.22. The van der Waals surface area contributed by atoms with E-state index in [-0.39, 0.29) is 12.6 Å². The van der Waals surface area contributed by atoms with Crippen molar-refractivity contribution in [3.05, 3.63) is 95.6 Å². The number of rotatable bonds is 8. The summed E-state index contributed by atoms with van der Waals surface area (Å²) in [6.07, 6.45) is 0.457. The number of carbonyl (C=O) groups excluding carboxylic acids is 2. The van der Waals surface area contributed by atoms with Crippen LogP contribution in [0.3, 0.4) is 0 Å². The van der Waals surface area contributed by atoms with Crippen LogP contribution in [-0.2, 0) is 22.6 Å². The minimum Gasteiger partial charge on any atom is -0.457 e. The van der Waals surface area contributed by atoms with Crippen molar-refractivity contribution in [2.45, 2.75) is 19.1 Å². The van der Waals surface area contributed by atoms with Crippen LogP contribution in [-0.4, -0.2) is 23.1 Å². The summed E-state index contributed by atoms with van der Waals surface area (Å²) in [5.41, 5.74) is 7.68. The molecule has 0 heterocycles. The van der Waals surface area contributed by atoms with Crippen molar-refractivity contribution in [3.63, 3.8) is 0 Å². The molecule has 1 atom stereocenters. The SMILES string of the molecule is [NH3+][C@@H](Cc1ccc(Oc2ccc(C(=O)NO)cc2)cc1)C(=O)OCc1ccccc1. The van der Waals surface area contributed by atoms with Gasteiger partial charge in [0.25, 0.3) is 5.91 Å². The number of ether oxygens (including phenoxy) is 2. The Morgan fingerprint density at radius 1 is 0.867 bits per heavy atom. The van der Waals surface area contributed by atoms with Crippen molar-refractivity contribution in [2.24, 2.45) is 0 Å². The lowest BCUT2D eigenvalue weighted by Crippen LogP contribution is -2.66. The van der Waals surface area contributed by atoms with Crippen LogP contribution in [0.5, 0.6) is 11.5 Å². The van der Waals surface area contributed by atoms with E-state index >= 15 is 0 Å². The molecular weight excluding hydrogens is 384 g/mol. The average molecular weight is 407 g/mol. The van der Waals surface area contributed by atoms with Gasteiger partial charge in [0.1, 0.15) is 18.1 Å². The van der Waals surface area contributed by atoms with Crippen molar-refractivity contribution < 1.29 is 30.0 Å². The van der Waals surface area contributed by atoms with Crippen molar-refractivity contribution in [1.29, 1.82) is 0 Å². The van der Waals surface area contributed by atoms with Crippen LogP contribution in [0.25, 0.3) is 0 Å². The summed E-state index contributed by atoms with van der Waals surface area (Å²) >= 11 is 0. The van der Waals surface area contributed by atoms with Crippen LogP contribution in [0.1, 0.15) is 21.5 Å². The predicted octanol–water partition coefficient (Wildman–Crippen LogP) is 2.49. The quantitative estimate of drug-likeness (QED) is 0.302. The van der Waals surface area contributed by atoms with Gasteiger partial charge in [-0.25, -0.2) is 10.3 Å². The third-order valence-corrected chi connectivity index (χ3v) is 4.42. The first-order chi connectivity index (χ1) is 14.5. The van der Waals surface area contributed by atoms with Gasteiger partial charge >= 0.3 is 5.97 Å². The fourth-order valence-electron chi connectivity index (χ4n) is 2.78. The van der Waals surface area contributed by atoms with Gasteiger partial charge < -0.3 is 15.2 Å². The Morgan fingerprint density at radius 3 is 2.07 bits per heavy atom. The van der Waals surface area contributed by atoms with E-state index in [1.807, 2.05) is 42.5 Å². The maximum atomic E-state index is 12.2. The molecular formula is C23H23N2O5+. The molecule has 5 N–H and O–H groups in total. The fourth-order valence-corrected chi connectivity index (χ4v) is 2.78. The first-order valence-corrected chi connectivity index (χ1v) is 9.40. The Morgan fingerprint density at radius 2 is 1.47 bits per heavy atom. The van der Waals surface area contributed by atoms with Crippen LogP contribution in [0, 0.1) is 0 Å². The Bertz CT molecular complexity index is 973. The van der Waals surface area contributed by atoms with Crippen LogP contribution >= 0.6 is 0 Å². The molecule has 0 aliphatic rings. The summed E-state index contributed by atoms with van der Waals surface area (Å²) in [5, 5.41) is 8.63. The van der Waals surface area contributed by atoms with E-state index < -0.39 is 11.9 Å². The molecule has 7 heteroatoms. The molecule has 3 aromatic rings. The zero-order chi connectivity index (χ0) is 21.3. The number of quaternary nitrogens is 1. The summed E-state index contributed by atoms with van der Waals surface area (Å²) in [6, 6.07) is 22.7. The zero-order valence-electron chi connectivity index (χ0n) is 16.3. The number of nitrogens with one attached hydrogen (secondary N) is 1. The molecule has 0 bridgehead atoms. The van der Waals surface area contributed by atoms with Crippen LogP contribution in [0.2, 0.25) is 0 Å². The molecule has 0 aliphatic heterocycles. The van der Waals surface area contributed by atoms with E-state index in [2.05, 4.69) is 5.73 Å². The first-order valence-electron chi connectivity index (χ1n) is 9.40. The molecule has 0 aliphatic carbocycles. The average Bonchev–Trinajstić information content (AvgIpc) is 2.79. The van der Waals surface area contributed by atoms with E-state index in [9.17, 15) is 9.59 Å². The molecule has 0 spiro atoms. The van der Waals surface area contributed by atoms with Gasteiger partial charge in [-0.1, -0.05) is 42.5 Å². The van der Waals surface area contributed by atoms with E-state index in [1.54, 1.807) is 41.9 Å². The maximum Gasteiger partial charge on any atom is 0.365 e. The van der Waals surface area contributed by atoms with Crippen LogP contribution in [0.4, 0.5) is 0 Å². The van der Waals surface area contributed by atoms with Gasteiger partial charge in [-0.2, -0.15) is 0 Å². The minimum atomic E-state index is -0.587. The molecule has 154 valence electrons. The number of amides is 1. The van der Waals surface area contributed by atoms with E-state index in [0.29, 0.717) is 23.5 Å². The molecule has 0 radical (unpaired) electrons. The fraction of sp³-hybridized carbons (Fsp3) is 0.130. The van der Waals surface area contributed by atoms with E-state index in [0.717, 1.165) is 11.1 Å². The van der Waals surface area contributed by atoms with E-state index in [1.165, 1.54) is 0 Å². The molecule has 0 saturated carbocycles. The lowest BCUT2D eigenvalue weighted by atomic mass is 10.1. The molecule has 0 aromatic heterocycles. The molecule has 0 unspecified atom stereocenters. The summed E-state index contributed by atoms with van der Waals surface area (Å²) < 4.78 is 11.1. The summed E-state index contributed by atoms with van der Waals surface area (Å²) in [4.78, 5) is 23.5. The zero-order valence-corrected chi connectivity index (χ0v) is 16.3. The lowest BCUT2D eigenvalue weighted by molar-refractivity contribution is -0.408. The Kier molecular flexibility index (Phi) is 7.15. The first kappa shape index (κ1) is 21.0. The normalized spacial score (nSPS) is 11.4. The highest BCUT2D eigenvalue weighted by Gasteiger charge is 2.19. The molecule has 7 nitrogen and oxygen atoms in total. The topological polar surface area (TPSA) is 113 Å². The minimum absolute atomic E-state index is 0.233. The molecule has 0 saturated heterocycles. The summed E-state index contributed by atoms with van der Waals surface area (Å²) in [7, 11) is 0. The predicted molar refractivity (Wildman–Crippen MR) is 109 cm³/mol. The Hall–Kier alpha value is -3.68. The van der Waals surface area contributed by atoms with Crippen molar-refractivity contribution >= 4 is 11.9 Å².